The number of hydrogen-bond donors (Lipinski definition) is 2. The van der Waals surface area contributed by atoms with Crippen LogP contribution in [0, 0.1) is 5.92 Å². The van der Waals surface area contributed by atoms with Crippen LogP contribution >= 0.6 is 0 Å². The third kappa shape index (κ3) is 4.54. The maximum Gasteiger partial charge on any atom is 0.274 e. The first kappa shape index (κ1) is 16.5. The Hall–Kier alpha value is -0.890. The Morgan fingerprint density at radius 3 is 2.76 bits per heavy atom. The van der Waals surface area contributed by atoms with E-state index in [1.54, 1.807) is 6.07 Å². The van der Waals surface area contributed by atoms with Crippen molar-refractivity contribution in [3.05, 3.63) is 17.9 Å². The van der Waals surface area contributed by atoms with Crippen molar-refractivity contribution in [1.29, 1.82) is 0 Å². The molecule has 0 bridgehead atoms. The molecule has 1 fully saturated rings. The van der Waals surface area contributed by atoms with Crippen molar-refractivity contribution in [2.24, 2.45) is 5.92 Å². The number of ether oxygens (including phenoxy) is 1. The molecule has 2 heterocycles. The minimum Gasteiger partial charge on any atom is -0.447 e. The summed E-state index contributed by atoms with van der Waals surface area (Å²) in [7, 11) is -3.62. The van der Waals surface area contributed by atoms with E-state index in [2.05, 4.69) is 23.9 Å². The topological polar surface area (TPSA) is 80.6 Å². The minimum atomic E-state index is -3.62. The highest BCUT2D eigenvalue weighted by Gasteiger charge is 2.30. The van der Waals surface area contributed by atoms with E-state index >= 15 is 0 Å². The summed E-state index contributed by atoms with van der Waals surface area (Å²) < 4.78 is 37.9. The third-order valence-corrected chi connectivity index (χ3v) is 4.80. The van der Waals surface area contributed by atoms with Gasteiger partial charge in [0.05, 0.1) is 18.7 Å². The summed E-state index contributed by atoms with van der Waals surface area (Å²) in [6, 6.07) is 2.99. The zero-order chi connectivity index (χ0) is 15.5. The number of furan rings is 1. The first-order valence-corrected chi connectivity index (χ1v) is 8.80. The van der Waals surface area contributed by atoms with Gasteiger partial charge in [-0.2, -0.15) is 0 Å². The molecule has 1 aliphatic heterocycles. The van der Waals surface area contributed by atoms with Crippen LogP contribution in [0.1, 0.15) is 33.0 Å². The van der Waals surface area contributed by atoms with Crippen LogP contribution < -0.4 is 10.0 Å². The highest BCUT2D eigenvalue weighted by molar-refractivity contribution is 7.89. The van der Waals surface area contributed by atoms with E-state index in [0.29, 0.717) is 31.3 Å². The summed E-state index contributed by atoms with van der Waals surface area (Å²) in [6.45, 7) is 8.05. The van der Waals surface area contributed by atoms with E-state index in [4.69, 9.17) is 9.15 Å². The van der Waals surface area contributed by atoms with Gasteiger partial charge >= 0.3 is 0 Å². The second-order valence-electron chi connectivity index (χ2n) is 5.84. The lowest BCUT2D eigenvalue weighted by Crippen LogP contribution is -2.38. The highest BCUT2D eigenvalue weighted by Crippen LogP contribution is 2.18. The molecule has 1 saturated heterocycles. The van der Waals surface area contributed by atoms with Crippen LogP contribution in [0.15, 0.2) is 21.6 Å². The van der Waals surface area contributed by atoms with Gasteiger partial charge in [-0.05, 0) is 37.9 Å². The average molecular weight is 316 g/mol. The minimum absolute atomic E-state index is 0.0389. The van der Waals surface area contributed by atoms with Gasteiger partial charge in [-0.3, -0.25) is 0 Å². The Bertz CT molecular complexity index is 553. The predicted molar refractivity (Wildman–Crippen MR) is 79.4 cm³/mol. The lowest BCUT2D eigenvalue weighted by atomic mass is 10.2. The smallest absolute Gasteiger partial charge is 0.274 e. The fourth-order valence-corrected chi connectivity index (χ4v) is 3.51. The van der Waals surface area contributed by atoms with Crippen molar-refractivity contribution in [3.63, 3.8) is 0 Å². The molecule has 0 amide bonds. The Labute approximate surface area is 126 Å². The molecule has 1 aromatic heterocycles. The Morgan fingerprint density at radius 1 is 1.38 bits per heavy atom. The maximum atomic E-state index is 12.2. The molecular formula is C14H24N2O4S. The van der Waals surface area contributed by atoms with E-state index in [1.165, 1.54) is 6.07 Å². The summed E-state index contributed by atoms with van der Waals surface area (Å²) in [5.41, 5.74) is 0. The van der Waals surface area contributed by atoms with Gasteiger partial charge in [-0.25, -0.2) is 13.1 Å². The fraction of sp³-hybridized carbons (Fsp3) is 0.714. The van der Waals surface area contributed by atoms with E-state index in [0.717, 1.165) is 6.54 Å². The second-order valence-corrected chi connectivity index (χ2v) is 7.48. The molecule has 21 heavy (non-hydrogen) atoms. The van der Waals surface area contributed by atoms with Crippen molar-refractivity contribution < 1.29 is 17.6 Å². The van der Waals surface area contributed by atoms with Gasteiger partial charge in [0.2, 0.25) is 5.09 Å². The molecule has 2 unspecified atom stereocenters. The van der Waals surface area contributed by atoms with Crippen LogP contribution in [0.25, 0.3) is 0 Å². The van der Waals surface area contributed by atoms with E-state index in [9.17, 15) is 8.42 Å². The number of rotatable bonds is 7. The quantitative estimate of drug-likeness (QED) is 0.796. The lowest BCUT2D eigenvalue weighted by molar-refractivity contribution is 0.116. The van der Waals surface area contributed by atoms with Gasteiger partial charge in [-0.1, -0.05) is 13.8 Å². The van der Waals surface area contributed by atoms with Gasteiger partial charge in [0, 0.05) is 6.61 Å². The second kappa shape index (κ2) is 6.91. The first-order chi connectivity index (χ1) is 9.88. The van der Waals surface area contributed by atoms with Crippen LogP contribution in [0.4, 0.5) is 0 Å². The maximum absolute atomic E-state index is 12.2. The molecular weight excluding hydrogens is 292 g/mol. The molecule has 2 atom stereocenters. The molecule has 0 saturated carbocycles. The highest BCUT2D eigenvalue weighted by atomic mass is 32.2. The van der Waals surface area contributed by atoms with Crippen LogP contribution in [0.3, 0.4) is 0 Å². The molecule has 2 rings (SSSR count). The molecule has 6 nitrogen and oxygen atoms in total. The van der Waals surface area contributed by atoms with Crippen molar-refractivity contribution in [2.75, 3.05) is 13.2 Å². The van der Waals surface area contributed by atoms with Crippen LogP contribution in [-0.4, -0.2) is 33.7 Å². The van der Waals surface area contributed by atoms with Crippen LogP contribution in [0.2, 0.25) is 0 Å². The fourth-order valence-electron chi connectivity index (χ4n) is 2.23. The molecule has 1 aromatic rings. The van der Waals surface area contributed by atoms with Crippen LogP contribution in [0.5, 0.6) is 0 Å². The van der Waals surface area contributed by atoms with Crippen LogP contribution in [-0.2, 0) is 21.3 Å². The SMILES string of the molecule is CC(C)CNCc1ccc(S(=O)(=O)NC2CCOC2C)o1. The summed E-state index contributed by atoms with van der Waals surface area (Å²) in [4.78, 5) is 0. The number of nitrogens with one attached hydrogen (secondary N) is 2. The van der Waals surface area contributed by atoms with Crippen molar-refractivity contribution >= 4 is 10.0 Å². The molecule has 1 aliphatic rings. The van der Waals surface area contributed by atoms with Crippen molar-refractivity contribution in [1.82, 2.24) is 10.0 Å². The molecule has 120 valence electrons. The monoisotopic (exact) mass is 316 g/mol. The normalized spacial score (nSPS) is 23.0. The Balaban J connectivity index is 1.95. The third-order valence-electron chi connectivity index (χ3n) is 3.44. The zero-order valence-electron chi connectivity index (χ0n) is 12.8. The van der Waals surface area contributed by atoms with E-state index < -0.39 is 10.0 Å². The van der Waals surface area contributed by atoms with Gasteiger partial charge in [0.1, 0.15) is 5.76 Å². The van der Waals surface area contributed by atoms with Gasteiger partial charge in [0.25, 0.3) is 10.0 Å². The van der Waals surface area contributed by atoms with E-state index in [-0.39, 0.29) is 17.2 Å². The molecule has 2 N–H and O–H groups in total. The Morgan fingerprint density at radius 2 is 2.14 bits per heavy atom. The molecule has 0 radical (unpaired) electrons. The largest absolute Gasteiger partial charge is 0.447 e. The van der Waals surface area contributed by atoms with Crippen molar-refractivity contribution in [3.8, 4) is 0 Å². The van der Waals surface area contributed by atoms with Gasteiger partial charge < -0.3 is 14.5 Å². The molecule has 0 spiro atoms. The van der Waals surface area contributed by atoms with Crippen molar-refractivity contribution in [2.45, 2.75) is 51.0 Å². The standard InChI is InChI=1S/C14H24N2O4S/c1-10(2)8-15-9-12-4-5-14(20-12)21(17,18)16-13-6-7-19-11(13)3/h4-5,10-11,13,15-16H,6-9H2,1-3H3. The molecule has 0 aromatic carbocycles. The average Bonchev–Trinajstić information content (AvgIpc) is 2.99. The summed E-state index contributed by atoms with van der Waals surface area (Å²) in [5.74, 6) is 1.15. The van der Waals surface area contributed by atoms with Gasteiger partial charge in [-0.15, -0.1) is 0 Å². The Kier molecular flexibility index (Phi) is 5.43. The summed E-state index contributed by atoms with van der Waals surface area (Å²) >= 11 is 0. The zero-order valence-corrected chi connectivity index (χ0v) is 13.6. The van der Waals surface area contributed by atoms with E-state index in [1.807, 2.05) is 6.92 Å². The molecule has 7 heteroatoms. The first-order valence-electron chi connectivity index (χ1n) is 7.32. The lowest BCUT2D eigenvalue weighted by Gasteiger charge is -2.14. The van der Waals surface area contributed by atoms with Gasteiger partial charge in [0.15, 0.2) is 0 Å². The predicted octanol–water partition coefficient (Wildman–Crippen LogP) is 1.48. The summed E-state index contributed by atoms with van der Waals surface area (Å²) in [6.07, 6.45) is 0.575. The molecule has 0 aliphatic carbocycles. The number of hydrogen-bond acceptors (Lipinski definition) is 5. The summed E-state index contributed by atoms with van der Waals surface area (Å²) in [5, 5.41) is 3.18. The number of sulfonamides is 1.